The van der Waals surface area contributed by atoms with Gasteiger partial charge in [-0.1, -0.05) is 23.2 Å². The molecule has 0 aliphatic carbocycles. The Bertz CT molecular complexity index is 482. The summed E-state index contributed by atoms with van der Waals surface area (Å²) in [7, 11) is 1.67. The van der Waals surface area contributed by atoms with Gasteiger partial charge in [-0.15, -0.1) is 11.3 Å². The van der Waals surface area contributed by atoms with Crippen LogP contribution in [0, 0.1) is 0 Å². The van der Waals surface area contributed by atoms with Gasteiger partial charge in [0.1, 0.15) is 6.34 Å². The van der Waals surface area contributed by atoms with Crippen molar-refractivity contribution >= 4 is 53.6 Å². The van der Waals surface area contributed by atoms with Crippen molar-refractivity contribution in [2.24, 2.45) is 15.0 Å². The third-order valence-corrected chi connectivity index (χ3v) is 3.99. The summed E-state index contributed by atoms with van der Waals surface area (Å²) in [5.74, 6) is 0.536. The van der Waals surface area contributed by atoms with Crippen LogP contribution in [-0.2, 0) is 6.42 Å². The zero-order chi connectivity index (χ0) is 14.3. The molecule has 1 heterocycles. The number of nitrogens with zero attached hydrogens (tertiary/aromatic N) is 3. The van der Waals surface area contributed by atoms with Crippen molar-refractivity contribution in [1.29, 1.82) is 0 Å². The maximum absolute atomic E-state index is 6.08. The highest BCUT2D eigenvalue weighted by atomic mass is 35.5. The fourth-order valence-electron chi connectivity index (χ4n) is 1.46. The Balaban J connectivity index is 2.47. The Labute approximate surface area is 127 Å². The predicted octanol–water partition coefficient (Wildman–Crippen LogP) is 3.68. The summed E-state index contributed by atoms with van der Waals surface area (Å²) in [6, 6.07) is 2.13. The van der Waals surface area contributed by atoms with Crippen molar-refractivity contribution in [3.8, 4) is 0 Å². The molecular formula is C12H16Cl2N4S. The van der Waals surface area contributed by atoms with Gasteiger partial charge in [0.2, 0.25) is 5.96 Å². The smallest absolute Gasteiger partial charge is 0.219 e. The van der Waals surface area contributed by atoms with Crippen molar-refractivity contribution < 1.29 is 0 Å². The van der Waals surface area contributed by atoms with Crippen LogP contribution in [0.25, 0.3) is 0 Å². The number of nitrogens with one attached hydrogen (secondary N) is 1. The summed E-state index contributed by atoms with van der Waals surface area (Å²) in [6.07, 6.45) is 3.12. The Kier molecular flexibility index (Phi) is 7.05. The molecule has 7 heteroatoms. The zero-order valence-electron chi connectivity index (χ0n) is 10.9. The highest BCUT2D eigenvalue weighted by Gasteiger charge is 2.09. The SMILES string of the molecule is C=N/C=N\C(=NC)NC(C)CCc1cc(Cl)sc1Cl. The second-order valence-electron chi connectivity index (χ2n) is 3.91. The first-order valence-corrected chi connectivity index (χ1v) is 7.29. The Morgan fingerprint density at radius 2 is 2.32 bits per heavy atom. The maximum Gasteiger partial charge on any atom is 0.219 e. The van der Waals surface area contributed by atoms with Crippen LogP contribution in [0.15, 0.2) is 21.0 Å². The van der Waals surface area contributed by atoms with E-state index in [0.29, 0.717) is 5.96 Å². The lowest BCUT2D eigenvalue weighted by Crippen LogP contribution is -2.31. The normalized spacial score (nSPS) is 13.8. The molecule has 1 unspecified atom stereocenters. The van der Waals surface area contributed by atoms with Gasteiger partial charge >= 0.3 is 0 Å². The molecule has 0 radical (unpaired) electrons. The molecular weight excluding hydrogens is 303 g/mol. The molecule has 104 valence electrons. The van der Waals surface area contributed by atoms with Crippen LogP contribution in [0.2, 0.25) is 8.67 Å². The summed E-state index contributed by atoms with van der Waals surface area (Å²) < 4.78 is 1.48. The summed E-state index contributed by atoms with van der Waals surface area (Å²) in [4.78, 5) is 11.6. The Hall–Kier alpha value is -0.910. The highest BCUT2D eigenvalue weighted by Crippen LogP contribution is 2.31. The lowest BCUT2D eigenvalue weighted by Gasteiger charge is -2.13. The predicted molar refractivity (Wildman–Crippen MR) is 86.7 cm³/mol. The van der Waals surface area contributed by atoms with E-state index in [1.807, 2.05) is 6.07 Å². The van der Waals surface area contributed by atoms with E-state index < -0.39 is 0 Å². The Morgan fingerprint density at radius 1 is 1.58 bits per heavy atom. The van der Waals surface area contributed by atoms with Gasteiger partial charge in [-0.2, -0.15) is 0 Å². The number of thiophene rings is 1. The fourth-order valence-corrected chi connectivity index (χ4v) is 3.01. The van der Waals surface area contributed by atoms with E-state index >= 15 is 0 Å². The Morgan fingerprint density at radius 3 is 2.84 bits per heavy atom. The minimum atomic E-state index is 0.218. The van der Waals surface area contributed by atoms with Crippen molar-refractivity contribution in [2.45, 2.75) is 25.8 Å². The number of halogens is 2. The monoisotopic (exact) mass is 318 g/mol. The largest absolute Gasteiger partial charge is 0.352 e. The number of hydrogen-bond donors (Lipinski definition) is 1. The van der Waals surface area contributed by atoms with E-state index in [0.717, 1.165) is 27.1 Å². The van der Waals surface area contributed by atoms with Crippen molar-refractivity contribution in [2.75, 3.05) is 7.05 Å². The van der Waals surface area contributed by atoms with Crippen LogP contribution < -0.4 is 5.32 Å². The second-order valence-corrected chi connectivity index (χ2v) is 6.19. The van der Waals surface area contributed by atoms with E-state index in [2.05, 4.69) is 33.9 Å². The molecule has 1 N–H and O–H groups in total. The molecule has 1 atom stereocenters. The third kappa shape index (κ3) is 5.72. The molecule has 1 rings (SSSR count). The molecule has 1 aromatic heterocycles. The molecule has 0 aliphatic rings. The van der Waals surface area contributed by atoms with Gasteiger partial charge in [0, 0.05) is 13.1 Å². The van der Waals surface area contributed by atoms with Crippen LogP contribution in [0.3, 0.4) is 0 Å². The van der Waals surface area contributed by atoms with Gasteiger partial charge in [0.05, 0.1) is 8.67 Å². The third-order valence-electron chi connectivity index (χ3n) is 2.42. The number of aryl methyl sites for hydroxylation is 1. The standard InChI is InChI=1S/C12H16Cl2N4S/c1-8(18-12(16-3)17-7-15-2)4-5-9-6-10(13)19-11(9)14/h6-8H,2,4-5H2,1,3H3,(H,16,18)/b17-7-. The van der Waals surface area contributed by atoms with E-state index in [-0.39, 0.29) is 6.04 Å². The quantitative estimate of drug-likeness (QED) is 0.653. The topological polar surface area (TPSA) is 49.1 Å². The molecule has 0 saturated heterocycles. The zero-order valence-corrected chi connectivity index (χ0v) is 13.2. The van der Waals surface area contributed by atoms with Gasteiger partial charge in [-0.05, 0) is 38.1 Å². The van der Waals surface area contributed by atoms with Crippen LogP contribution in [0.1, 0.15) is 18.9 Å². The lowest BCUT2D eigenvalue weighted by molar-refractivity contribution is 0.604. The van der Waals surface area contributed by atoms with Crippen LogP contribution >= 0.6 is 34.5 Å². The van der Waals surface area contributed by atoms with E-state index in [9.17, 15) is 0 Å². The van der Waals surface area contributed by atoms with Crippen LogP contribution in [0.5, 0.6) is 0 Å². The van der Waals surface area contributed by atoms with E-state index in [1.165, 1.54) is 17.7 Å². The molecule has 0 aromatic carbocycles. The van der Waals surface area contributed by atoms with E-state index in [4.69, 9.17) is 23.2 Å². The minimum absolute atomic E-state index is 0.218. The van der Waals surface area contributed by atoms with Crippen LogP contribution in [0.4, 0.5) is 0 Å². The first-order chi connectivity index (χ1) is 9.06. The maximum atomic E-state index is 6.08. The van der Waals surface area contributed by atoms with E-state index in [1.54, 1.807) is 7.05 Å². The second kappa shape index (κ2) is 8.30. The van der Waals surface area contributed by atoms with Crippen molar-refractivity contribution in [3.05, 3.63) is 20.3 Å². The fraction of sp³-hybridized carbons (Fsp3) is 0.417. The molecule has 19 heavy (non-hydrogen) atoms. The highest BCUT2D eigenvalue weighted by molar-refractivity contribution is 7.20. The summed E-state index contributed by atoms with van der Waals surface area (Å²) in [5.41, 5.74) is 1.08. The number of hydrogen-bond acceptors (Lipinski definition) is 2. The molecule has 0 aliphatic heterocycles. The molecule has 0 fully saturated rings. The van der Waals surface area contributed by atoms with Crippen LogP contribution in [-0.4, -0.2) is 32.1 Å². The first-order valence-electron chi connectivity index (χ1n) is 5.72. The molecule has 0 saturated carbocycles. The number of guanidine groups is 1. The number of aliphatic imine (C=N–C) groups is 3. The molecule has 1 aromatic rings. The van der Waals surface area contributed by atoms with Crippen molar-refractivity contribution in [1.82, 2.24) is 5.32 Å². The van der Waals surface area contributed by atoms with Gasteiger partial charge in [0.25, 0.3) is 0 Å². The molecule has 0 bridgehead atoms. The molecule has 0 amide bonds. The first kappa shape index (κ1) is 16.1. The lowest BCUT2D eigenvalue weighted by atomic mass is 10.1. The summed E-state index contributed by atoms with van der Waals surface area (Å²) in [6.45, 7) is 5.39. The average Bonchev–Trinajstić information content (AvgIpc) is 2.70. The minimum Gasteiger partial charge on any atom is -0.352 e. The van der Waals surface area contributed by atoms with Crippen molar-refractivity contribution in [3.63, 3.8) is 0 Å². The van der Waals surface area contributed by atoms with Gasteiger partial charge in [0.15, 0.2) is 0 Å². The van der Waals surface area contributed by atoms with Gasteiger partial charge in [-0.25, -0.2) is 4.99 Å². The van der Waals surface area contributed by atoms with Gasteiger partial charge < -0.3 is 5.32 Å². The summed E-state index contributed by atoms with van der Waals surface area (Å²) in [5, 5.41) is 3.19. The van der Waals surface area contributed by atoms with Gasteiger partial charge in [-0.3, -0.25) is 9.98 Å². The number of rotatable bonds is 5. The molecule has 0 spiro atoms. The average molecular weight is 319 g/mol. The summed E-state index contributed by atoms with van der Waals surface area (Å²) >= 11 is 13.4. The molecule has 4 nitrogen and oxygen atoms in total.